The molecule has 0 aliphatic carbocycles. The summed E-state index contributed by atoms with van der Waals surface area (Å²) in [6.45, 7) is 83.0. The van der Waals surface area contributed by atoms with Crippen molar-refractivity contribution in [3.8, 4) is 0 Å². The number of nitrogens with zero attached hydrogens (tertiary/aromatic N) is 10. The van der Waals surface area contributed by atoms with E-state index in [0.717, 1.165) is 60.4 Å². The van der Waals surface area contributed by atoms with Crippen molar-refractivity contribution in [2.24, 2.45) is 0 Å². The Morgan fingerprint density at radius 2 is 0.351 bits per heavy atom. The van der Waals surface area contributed by atoms with Gasteiger partial charge >= 0.3 is 0 Å². The summed E-state index contributed by atoms with van der Waals surface area (Å²) >= 11 is 0. The molecule has 10 heteroatoms. The highest BCUT2D eigenvalue weighted by Crippen LogP contribution is 2.44. The van der Waals surface area contributed by atoms with E-state index in [4.69, 9.17) is 0 Å². The van der Waals surface area contributed by atoms with Gasteiger partial charge in [-0.25, -0.2) is 0 Å². The Labute approximate surface area is 480 Å². The molecule has 0 spiro atoms. The minimum Gasteiger partial charge on any atom is -0.295 e. The molecule has 0 aromatic carbocycles. The van der Waals surface area contributed by atoms with Crippen LogP contribution in [0.3, 0.4) is 0 Å². The van der Waals surface area contributed by atoms with Gasteiger partial charge in [0, 0.05) is 181 Å². The van der Waals surface area contributed by atoms with E-state index in [9.17, 15) is 0 Å². The number of likely N-dealkylation sites (tertiary alicyclic amines) is 4. The van der Waals surface area contributed by atoms with E-state index in [0.29, 0.717) is 55.4 Å². The Hall–Kier alpha value is -0.400. The molecule has 12 rings (SSSR count). The van der Waals surface area contributed by atoms with Crippen LogP contribution in [-0.2, 0) is 0 Å². The third kappa shape index (κ3) is 15.7. The number of rotatable bonds is 0. The fraction of sp³-hybridized carbons (Fsp3) is 1.00. The SMILES string of the molecule is CC(C)(C)N1CC2CC(C1)N2C(C)(C)C.CC(C)(C)N1CC2CC(C1)N2C(C)(C)C.CC(C)(C)N1CC2CC1CN2C(C)(C)C.CC(C)(C)N1CC2CCC(C1)N2C(C)(C)C.CC(C)(C)N1CC2CCC(C1)N2C(C)(C)C. The molecule has 10 nitrogen and oxygen atoms in total. The first-order chi connectivity index (χ1) is 34.5. The van der Waals surface area contributed by atoms with Gasteiger partial charge in [-0.3, -0.25) is 49.0 Å². The third-order valence-corrected chi connectivity index (χ3v) is 20.2. The van der Waals surface area contributed by atoms with Crippen molar-refractivity contribution in [3.63, 3.8) is 0 Å². The van der Waals surface area contributed by atoms with Crippen LogP contribution in [0.15, 0.2) is 0 Å². The van der Waals surface area contributed by atoms with Gasteiger partial charge in [-0.15, -0.1) is 0 Å². The summed E-state index contributed by atoms with van der Waals surface area (Å²) in [5.41, 5.74) is 3.48. The molecule has 10 bridgehead atoms. The van der Waals surface area contributed by atoms with Gasteiger partial charge in [-0.1, -0.05) is 0 Å². The first-order valence-corrected chi connectivity index (χ1v) is 32.1. The molecule has 0 saturated carbocycles. The second kappa shape index (κ2) is 22.5. The lowest BCUT2D eigenvalue weighted by molar-refractivity contribution is -0.137. The fourth-order valence-corrected chi connectivity index (χ4v) is 16.9. The zero-order valence-electron chi connectivity index (χ0n) is 57.3. The quantitative estimate of drug-likeness (QED) is 0.234. The van der Waals surface area contributed by atoms with Crippen LogP contribution < -0.4 is 0 Å². The van der Waals surface area contributed by atoms with Gasteiger partial charge in [0.25, 0.3) is 0 Å². The lowest BCUT2D eigenvalue weighted by Crippen LogP contribution is -2.74. The molecule has 10 unspecified atom stereocenters. The maximum Gasteiger partial charge on any atom is 0.0247 e. The first-order valence-electron chi connectivity index (χ1n) is 32.1. The number of hydrogen-bond donors (Lipinski definition) is 0. The van der Waals surface area contributed by atoms with Gasteiger partial charge < -0.3 is 0 Å². The molecule has 0 radical (unpaired) electrons. The number of piperazine rings is 5. The minimum atomic E-state index is 0.338. The Kier molecular flexibility index (Phi) is 19.3. The fourth-order valence-electron chi connectivity index (χ4n) is 16.9. The van der Waals surface area contributed by atoms with E-state index in [2.05, 4.69) is 257 Å². The second-order valence-electron chi connectivity index (χ2n) is 36.7. The molecule has 0 aromatic heterocycles. The average molecular weight is 1080 g/mol. The van der Waals surface area contributed by atoms with E-state index >= 15 is 0 Å². The summed E-state index contributed by atoms with van der Waals surface area (Å²) < 4.78 is 0. The molecule has 12 heterocycles. The molecule has 10 atom stereocenters. The van der Waals surface area contributed by atoms with E-state index in [1.807, 2.05) is 0 Å². The Morgan fingerprint density at radius 3 is 0.506 bits per heavy atom. The van der Waals surface area contributed by atoms with Crippen molar-refractivity contribution in [3.05, 3.63) is 0 Å². The zero-order valence-corrected chi connectivity index (χ0v) is 57.3. The van der Waals surface area contributed by atoms with Crippen molar-refractivity contribution in [2.75, 3.05) is 65.4 Å². The molecule has 12 fully saturated rings. The largest absolute Gasteiger partial charge is 0.295 e. The zero-order chi connectivity index (χ0) is 58.6. The first kappa shape index (κ1) is 65.7. The summed E-state index contributed by atoms with van der Waals surface area (Å²) in [6.07, 6.45) is 9.81. The van der Waals surface area contributed by atoms with Crippen molar-refractivity contribution >= 4 is 0 Å². The van der Waals surface area contributed by atoms with Crippen LogP contribution in [0, 0.1) is 0 Å². The highest BCUT2D eigenvalue weighted by molar-refractivity contribution is 5.10. The van der Waals surface area contributed by atoms with E-state index < -0.39 is 0 Å². The smallest absolute Gasteiger partial charge is 0.0247 e. The van der Waals surface area contributed by atoms with E-state index in [-0.39, 0.29) is 0 Å². The normalized spacial score (nSPS) is 33.7. The molecule has 0 N–H and O–H groups in total. The average Bonchev–Trinajstić information content (AvgIpc) is 3.98. The molecule has 12 saturated heterocycles. The predicted molar refractivity (Wildman–Crippen MR) is 335 cm³/mol. The van der Waals surface area contributed by atoms with Crippen LogP contribution in [0.1, 0.15) is 253 Å². The van der Waals surface area contributed by atoms with Gasteiger partial charge in [-0.05, 0) is 253 Å². The molecule has 0 amide bonds. The standard InChI is InChI=1S/2C14H28N2.3C13H26N2/c2*1-13(2,3)15-9-11-7-8-12(10-15)16(11)14(4,5)6;1-12(2,3)14-8-11-7-10(14)9-15(11)13(4,5)6;2*1-12(2,3)14-8-10-7-11(9-14)15(10)13(4,5)6/h2*11-12H,7-10H2,1-6H3;3*10-11H,7-9H2,1-6H3. The van der Waals surface area contributed by atoms with Gasteiger partial charge in [0.2, 0.25) is 0 Å². The molecule has 452 valence electrons. The van der Waals surface area contributed by atoms with Crippen LogP contribution in [0.4, 0.5) is 0 Å². The van der Waals surface area contributed by atoms with Crippen LogP contribution in [0.2, 0.25) is 0 Å². The van der Waals surface area contributed by atoms with Gasteiger partial charge in [-0.2, -0.15) is 0 Å². The van der Waals surface area contributed by atoms with Crippen molar-refractivity contribution in [2.45, 2.75) is 368 Å². The Bertz CT molecular complexity index is 1680. The van der Waals surface area contributed by atoms with Crippen molar-refractivity contribution in [1.29, 1.82) is 0 Å². The van der Waals surface area contributed by atoms with Crippen LogP contribution in [0.5, 0.6) is 0 Å². The van der Waals surface area contributed by atoms with Gasteiger partial charge in [0.15, 0.2) is 0 Å². The highest BCUT2D eigenvalue weighted by atomic mass is 15.4. The maximum absolute atomic E-state index is 2.77. The molecular weight excluding hydrogens is 945 g/mol. The lowest BCUT2D eigenvalue weighted by Gasteiger charge is -2.63. The summed E-state index contributed by atoms with van der Waals surface area (Å²) in [6, 6.07) is 7.99. The monoisotopic (exact) mass is 1080 g/mol. The minimum absolute atomic E-state index is 0.338. The van der Waals surface area contributed by atoms with Crippen molar-refractivity contribution < 1.29 is 0 Å². The number of piperidine rings is 2. The third-order valence-electron chi connectivity index (χ3n) is 20.2. The molecule has 0 aromatic rings. The molecule has 12 aliphatic heterocycles. The summed E-state index contributed by atoms with van der Waals surface area (Å²) in [4.78, 5) is 27.0. The summed E-state index contributed by atoms with van der Waals surface area (Å²) in [5.74, 6) is 0. The van der Waals surface area contributed by atoms with Gasteiger partial charge in [0.05, 0.1) is 0 Å². The number of hydrogen-bond acceptors (Lipinski definition) is 10. The van der Waals surface area contributed by atoms with E-state index in [1.54, 1.807) is 0 Å². The predicted octanol–water partition coefficient (Wildman–Crippen LogP) is 12.5. The second-order valence-corrected chi connectivity index (χ2v) is 36.7. The number of fused-ring (bicyclic) bond motifs is 10. The maximum atomic E-state index is 2.77. The van der Waals surface area contributed by atoms with Crippen LogP contribution in [-0.4, -0.2) is 230 Å². The summed E-state index contributed by atoms with van der Waals surface area (Å²) in [5, 5.41) is 0. The molecular formula is C67H134N10. The van der Waals surface area contributed by atoms with Crippen molar-refractivity contribution in [1.82, 2.24) is 49.0 Å². The summed E-state index contributed by atoms with van der Waals surface area (Å²) in [7, 11) is 0. The topological polar surface area (TPSA) is 32.4 Å². The molecule has 77 heavy (non-hydrogen) atoms. The molecule has 12 aliphatic rings. The van der Waals surface area contributed by atoms with E-state index in [1.165, 1.54) is 110 Å². The Balaban J connectivity index is 0.000000156. The van der Waals surface area contributed by atoms with Gasteiger partial charge in [0.1, 0.15) is 0 Å². The van der Waals surface area contributed by atoms with Crippen LogP contribution in [0.25, 0.3) is 0 Å². The Morgan fingerprint density at radius 1 is 0.182 bits per heavy atom. The highest BCUT2D eigenvalue weighted by Gasteiger charge is 2.54. The van der Waals surface area contributed by atoms with Crippen LogP contribution >= 0.6 is 0 Å². The lowest BCUT2D eigenvalue weighted by atomic mass is 9.80.